The average molecular weight is 451 g/mol. The number of hydrogen-bond acceptors (Lipinski definition) is 3. The molecule has 0 fully saturated rings. The lowest BCUT2D eigenvalue weighted by Crippen LogP contribution is -2.51. The van der Waals surface area contributed by atoms with Crippen LogP contribution in [-0.2, 0) is 21.9 Å². The summed E-state index contributed by atoms with van der Waals surface area (Å²) in [6, 6.07) is 13.2. The van der Waals surface area contributed by atoms with Gasteiger partial charge in [-0.05, 0) is 43.5 Å². The summed E-state index contributed by atoms with van der Waals surface area (Å²) in [6.07, 6.45) is 0.479. The molecule has 162 valence electrons. The van der Waals surface area contributed by atoms with Gasteiger partial charge in [0.15, 0.2) is 0 Å². The smallest absolute Gasteiger partial charge is 0.243 e. The molecule has 0 radical (unpaired) electrons. The standard InChI is InChI=1S/C23H28ClFN2O2S/c1-4-21(23(29)26-16(2)3)27(13-17-9-5-7-11-19(17)24)22(28)15-30-14-18-10-6-8-12-20(18)25/h5-12,16,21H,4,13-15H2,1-3H3,(H,26,29)/t21-/m0/s1. The van der Waals surface area contributed by atoms with Gasteiger partial charge in [0.1, 0.15) is 11.9 Å². The van der Waals surface area contributed by atoms with Gasteiger partial charge >= 0.3 is 0 Å². The highest BCUT2D eigenvalue weighted by atomic mass is 35.5. The molecule has 0 aliphatic carbocycles. The van der Waals surface area contributed by atoms with E-state index < -0.39 is 6.04 Å². The highest BCUT2D eigenvalue weighted by molar-refractivity contribution is 7.99. The second-order valence-electron chi connectivity index (χ2n) is 7.28. The van der Waals surface area contributed by atoms with E-state index in [1.807, 2.05) is 39.0 Å². The number of hydrogen-bond donors (Lipinski definition) is 1. The first-order valence-corrected chi connectivity index (χ1v) is 11.5. The fourth-order valence-corrected chi connectivity index (χ4v) is 4.15. The third-order valence-corrected chi connectivity index (χ3v) is 5.89. The Bertz CT molecular complexity index is 863. The van der Waals surface area contributed by atoms with Crippen LogP contribution in [-0.4, -0.2) is 34.6 Å². The minimum atomic E-state index is -0.606. The third kappa shape index (κ3) is 7.03. The van der Waals surface area contributed by atoms with Crippen LogP contribution >= 0.6 is 23.4 Å². The van der Waals surface area contributed by atoms with Crippen molar-refractivity contribution in [3.63, 3.8) is 0 Å². The topological polar surface area (TPSA) is 49.4 Å². The van der Waals surface area contributed by atoms with Crippen LogP contribution in [0.25, 0.3) is 0 Å². The minimum Gasteiger partial charge on any atom is -0.352 e. The number of thioether (sulfide) groups is 1. The molecule has 0 spiro atoms. The van der Waals surface area contributed by atoms with Crippen molar-refractivity contribution in [1.82, 2.24) is 10.2 Å². The van der Waals surface area contributed by atoms with Gasteiger partial charge in [0.25, 0.3) is 0 Å². The maximum absolute atomic E-state index is 13.8. The Morgan fingerprint density at radius 1 is 1.10 bits per heavy atom. The molecule has 2 amide bonds. The molecule has 2 rings (SSSR count). The molecule has 4 nitrogen and oxygen atoms in total. The van der Waals surface area contributed by atoms with Gasteiger partial charge in [-0.1, -0.05) is 54.9 Å². The number of amides is 2. The lowest BCUT2D eigenvalue weighted by molar-refractivity contribution is -0.139. The molecule has 2 aromatic rings. The van der Waals surface area contributed by atoms with Crippen molar-refractivity contribution >= 4 is 35.2 Å². The summed E-state index contributed by atoms with van der Waals surface area (Å²) in [5, 5.41) is 3.45. The van der Waals surface area contributed by atoms with Crippen LogP contribution in [0.15, 0.2) is 48.5 Å². The van der Waals surface area contributed by atoms with Crippen LogP contribution in [0.5, 0.6) is 0 Å². The first-order valence-electron chi connectivity index (χ1n) is 9.97. The molecule has 0 heterocycles. The maximum atomic E-state index is 13.8. The Balaban J connectivity index is 2.16. The van der Waals surface area contributed by atoms with Gasteiger partial charge in [0.2, 0.25) is 11.8 Å². The molecule has 0 aliphatic rings. The second-order valence-corrected chi connectivity index (χ2v) is 8.68. The monoisotopic (exact) mass is 450 g/mol. The molecule has 7 heteroatoms. The van der Waals surface area contributed by atoms with Crippen molar-refractivity contribution in [2.75, 3.05) is 5.75 Å². The number of carbonyl (C=O) groups is 2. The van der Waals surface area contributed by atoms with E-state index in [4.69, 9.17) is 11.6 Å². The minimum absolute atomic E-state index is 0.0285. The zero-order valence-corrected chi connectivity index (χ0v) is 19.1. The molecule has 0 saturated heterocycles. The van der Waals surface area contributed by atoms with E-state index in [0.717, 1.165) is 5.56 Å². The van der Waals surface area contributed by atoms with Crippen LogP contribution in [0.2, 0.25) is 5.02 Å². The fraction of sp³-hybridized carbons (Fsp3) is 0.391. The number of rotatable bonds is 10. The average Bonchev–Trinajstić information content (AvgIpc) is 2.70. The zero-order valence-electron chi connectivity index (χ0n) is 17.5. The van der Waals surface area contributed by atoms with E-state index >= 15 is 0 Å². The molecule has 0 aromatic heterocycles. The van der Waals surface area contributed by atoms with Crippen LogP contribution in [0.3, 0.4) is 0 Å². The normalized spacial score (nSPS) is 11.9. The molecular weight excluding hydrogens is 423 g/mol. The highest BCUT2D eigenvalue weighted by Crippen LogP contribution is 2.22. The van der Waals surface area contributed by atoms with Gasteiger partial charge in [0.05, 0.1) is 5.75 Å². The molecule has 0 aliphatic heterocycles. The van der Waals surface area contributed by atoms with Gasteiger partial charge in [-0.15, -0.1) is 11.8 Å². The number of nitrogens with one attached hydrogen (secondary N) is 1. The Hall–Kier alpha value is -2.05. The predicted molar refractivity (Wildman–Crippen MR) is 122 cm³/mol. The number of halogens is 2. The maximum Gasteiger partial charge on any atom is 0.243 e. The van der Waals surface area contributed by atoms with Crippen molar-refractivity contribution in [3.05, 3.63) is 70.5 Å². The van der Waals surface area contributed by atoms with Crippen molar-refractivity contribution in [2.24, 2.45) is 0 Å². The van der Waals surface area contributed by atoms with E-state index in [-0.39, 0.29) is 36.0 Å². The SMILES string of the molecule is CC[C@@H](C(=O)NC(C)C)N(Cc1ccccc1Cl)C(=O)CSCc1ccccc1F. The van der Waals surface area contributed by atoms with Crippen molar-refractivity contribution in [3.8, 4) is 0 Å². The van der Waals surface area contributed by atoms with Gasteiger partial charge in [-0.3, -0.25) is 9.59 Å². The quantitative estimate of drug-likeness (QED) is 0.551. The Morgan fingerprint density at radius 2 is 1.73 bits per heavy atom. The summed E-state index contributed by atoms with van der Waals surface area (Å²) < 4.78 is 13.8. The molecule has 2 aromatic carbocycles. The largest absolute Gasteiger partial charge is 0.352 e. The zero-order chi connectivity index (χ0) is 22.1. The number of benzene rings is 2. The molecular formula is C23H28ClFN2O2S. The highest BCUT2D eigenvalue weighted by Gasteiger charge is 2.29. The summed E-state index contributed by atoms with van der Waals surface area (Å²) >= 11 is 7.63. The van der Waals surface area contributed by atoms with E-state index in [2.05, 4.69) is 5.32 Å². The summed E-state index contributed by atoms with van der Waals surface area (Å²) in [5.74, 6) is -0.125. The first-order chi connectivity index (χ1) is 14.3. The summed E-state index contributed by atoms with van der Waals surface area (Å²) in [5.41, 5.74) is 1.33. The predicted octanol–water partition coefficient (Wildman–Crippen LogP) is 5.04. The molecule has 1 atom stereocenters. The summed E-state index contributed by atoms with van der Waals surface area (Å²) in [7, 11) is 0. The van der Waals surface area contributed by atoms with E-state index in [1.54, 1.807) is 29.2 Å². The molecule has 1 N–H and O–H groups in total. The number of carbonyl (C=O) groups excluding carboxylic acids is 2. The first kappa shape index (κ1) is 24.2. The van der Waals surface area contributed by atoms with E-state index in [1.165, 1.54) is 17.8 Å². The van der Waals surface area contributed by atoms with Gasteiger partial charge in [0, 0.05) is 23.4 Å². The van der Waals surface area contributed by atoms with Crippen molar-refractivity contribution in [2.45, 2.75) is 51.6 Å². The Morgan fingerprint density at radius 3 is 2.33 bits per heavy atom. The van der Waals surface area contributed by atoms with Gasteiger partial charge in [-0.25, -0.2) is 4.39 Å². The van der Waals surface area contributed by atoms with Crippen LogP contribution in [0.1, 0.15) is 38.3 Å². The summed E-state index contributed by atoms with van der Waals surface area (Å²) in [6.45, 7) is 5.89. The van der Waals surface area contributed by atoms with Crippen molar-refractivity contribution < 1.29 is 14.0 Å². The number of nitrogens with zero attached hydrogens (tertiary/aromatic N) is 1. The second kappa shape index (κ2) is 12.0. The van der Waals surface area contributed by atoms with Gasteiger partial charge < -0.3 is 10.2 Å². The summed E-state index contributed by atoms with van der Waals surface area (Å²) in [4.78, 5) is 27.4. The third-order valence-electron chi connectivity index (χ3n) is 4.56. The van der Waals surface area contributed by atoms with E-state index in [9.17, 15) is 14.0 Å². The molecule has 0 bridgehead atoms. The Labute approximate surface area is 187 Å². The fourth-order valence-electron chi connectivity index (χ4n) is 3.06. The van der Waals surface area contributed by atoms with E-state index in [0.29, 0.717) is 22.8 Å². The lowest BCUT2D eigenvalue weighted by Gasteiger charge is -2.31. The molecule has 30 heavy (non-hydrogen) atoms. The Kier molecular flexibility index (Phi) is 9.66. The van der Waals surface area contributed by atoms with Crippen molar-refractivity contribution in [1.29, 1.82) is 0 Å². The lowest BCUT2D eigenvalue weighted by atomic mass is 10.1. The van der Waals surface area contributed by atoms with Gasteiger partial charge in [-0.2, -0.15) is 0 Å². The van der Waals surface area contributed by atoms with Crippen LogP contribution in [0, 0.1) is 5.82 Å². The van der Waals surface area contributed by atoms with Crippen LogP contribution in [0.4, 0.5) is 4.39 Å². The molecule has 0 saturated carbocycles. The van der Waals surface area contributed by atoms with Crippen LogP contribution < -0.4 is 5.32 Å². The molecule has 0 unspecified atom stereocenters.